The normalized spacial score (nSPS) is 10.2. The largest absolute Gasteiger partial charge is 0.496 e. The molecule has 1 amide bonds. The van der Waals surface area contributed by atoms with Crippen molar-refractivity contribution in [1.82, 2.24) is 15.3 Å². The molecule has 1 aromatic heterocycles. The summed E-state index contributed by atoms with van der Waals surface area (Å²) in [6.45, 7) is 1.01. The number of amides is 1. The van der Waals surface area contributed by atoms with Gasteiger partial charge in [0, 0.05) is 18.7 Å². The minimum absolute atomic E-state index is 0.252. The van der Waals surface area contributed by atoms with Gasteiger partial charge in [0.15, 0.2) is 0 Å². The SMILES string of the molecule is COc1ccccc1CNc1cnc(C(=O)NCc2ccccc2)cn1. The zero-order chi connectivity index (χ0) is 18.2. The van der Waals surface area contributed by atoms with E-state index in [0.717, 1.165) is 16.9 Å². The van der Waals surface area contributed by atoms with Crippen molar-refractivity contribution >= 4 is 11.7 Å². The van der Waals surface area contributed by atoms with E-state index in [-0.39, 0.29) is 11.6 Å². The molecule has 0 saturated heterocycles. The number of benzene rings is 2. The molecule has 0 aliphatic carbocycles. The molecule has 132 valence electrons. The lowest BCUT2D eigenvalue weighted by atomic mass is 10.2. The summed E-state index contributed by atoms with van der Waals surface area (Å²) in [4.78, 5) is 20.6. The monoisotopic (exact) mass is 348 g/mol. The summed E-state index contributed by atoms with van der Waals surface area (Å²) in [5.41, 5.74) is 2.33. The zero-order valence-electron chi connectivity index (χ0n) is 14.5. The molecule has 6 nitrogen and oxygen atoms in total. The zero-order valence-corrected chi connectivity index (χ0v) is 14.5. The molecular formula is C20H20N4O2. The summed E-state index contributed by atoms with van der Waals surface area (Å²) < 4.78 is 5.32. The molecule has 2 N–H and O–H groups in total. The van der Waals surface area contributed by atoms with Crippen LogP contribution in [0.4, 0.5) is 5.82 Å². The summed E-state index contributed by atoms with van der Waals surface area (Å²) >= 11 is 0. The minimum Gasteiger partial charge on any atom is -0.496 e. The van der Waals surface area contributed by atoms with Gasteiger partial charge in [-0.3, -0.25) is 4.79 Å². The van der Waals surface area contributed by atoms with Gasteiger partial charge in [0.2, 0.25) is 0 Å². The van der Waals surface area contributed by atoms with Crippen molar-refractivity contribution in [2.75, 3.05) is 12.4 Å². The maximum absolute atomic E-state index is 12.1. The van der Waals surface area contributed by atoms with E-state index in [1.165, 1.54) is 6.20 Å². The van der Waals surface area contributed by atoms with E-state index in [4.69, 9.17) is 4.74 Å². The fraction of sp³-hybridized carbons (Fsp3) is 0.150. The summed E-state index contributed by atoms with van der Waals surface area (Å²) in [5.74, 6) is 1.15. The highest BCUT2D eigenvalue weighted by Crippen LogP contribution is 2.18. The average Bonchev–Trinajstić information content (AvgIpc) is 2.72. The molecule has 3 aromatic rings. The number of carbonyl (C=O) groups excluding carboxylic acids is 1. The third-order valence-electron chi connectivity index (χ3n) is 3.83. The first-order valence-corrected chi connectivity index (χ1v) is 8.26. The Labute approximate surface area is 152 Å². The van der Waals surface area contributed by atoms with Crippen LogP contribution in [-0.2, 0) is 13.1 Å². The van der Waals surface area contributed by atoms with E-state index in [1.54, 1.807) is 13.3 Å². The van der Waals surface area contributed by atoms with Crippen molar-refractivity contribution in [2.45, 2.75) is 13.1 Å². The van der Waals surface area contributed by atoms with Crippen LogP contribution < -0.4 is 15.4 Å². The smallest absolute Gasteiger partial charge is 0.271 e. The van der Waals surface area contributed by atoms with Crippen LogP contribution in [0, 0.1) is 0 Å². The molecule has 26 heavy (non-hydrogen) atoms. The second kappa shape index (κ2) is 8.62. The fourth-order valence-corrected chi connectivity index (χ4v) is 2.44. The Morgan fingerprint density at radius 2 is 1.73 bits per heavy atom. The first-order chi connectivity index (χ1) is 12.8. The Bertz CT molecular complexity index is 851. The molecule has 0 bridgehead atoms. The molecule has 2 aromatic carbocycles. The number of hydrogen-bond donors (Lipinski definition) is 2. The molecule has 0 aliphatic rings. The number of carbonyl (C=O) groups is 1. The van der Waals surface area contributed by atoms with Crippen LogP contribution in [0.2, 0.25) is 0 Å². The first-order valence-electron chi connectivity index (χ1n) is 8.26. The molecule has 0 fully saturated rings. The van der Waals surface area contributed by atoms with E-state index >= 15 is 0 Å². The van der Waals surface area contributed by atoms with Gasteiger partial charge in [-0.1, -0.05) is 48.5 Å². The highest BCUT2D eigenvalue weighted by Gasteiger charge is 2.08. The second-order valence-corrected chi connectivity index (χ2v) is 5.62. The predicted octanol–water partition coefficient (Wildman–Crippen LogP) is 3.03. The quantitative estimate of drug-likeness (QED) is 0.686. The van der Waals surface area contributed by atoms with Crippen molar-refractivity contribution in [3.8, 4) is 5.75 Å². The maximum Gasteiger partial charge on any atom is 0.271 e. The topological polar surface area (TPSA) is 76.1 Å². The van der Waals surface area contributed by atoms with E-state index in [9.17, 15) is 4.79 Å². The van der Waals surface area contributed by atoms with Crippen molar-refractivity contribution < 1.29 is 9.53 Å². The van der Waals surface area contributed by atoms with Gasteiger partial charge in [-0.05, 0) is 11.6 Å². The van der Waals surface area contributed by atoms with E-state index in [1.807, 2.05) is 54.6 Å². The maximum atomic E-state index is 12.1. The first kappa shape index (κ1) is 17.4. The van der Waals surface area contributed by atoms with E-state index in [0.29, 0.717) is 18.9 Å². The molecule has 6 heteroatoms. The van der Waals surface area contributed by atoms with Crippen molar-refractivity contribution in [3.05, 3.63) is 83.8 Å². The number of anilines is 1. The Morgan fingerprint density at radius 1 is 0.962 bits per heavy atom. The summed E-state index contributed by atoms with van der Waals surface area (Å²) in [6, 6.07) is 17.5. The summed E-state index contributed by atoms with van der Waals surface area (Å²) in [7, 11) is 1.64. The van der Waals surface area contributed by atoms with Gasteiger partial charge in [0.25, 0.3) is 5.91 Å². The second-order valence-electron chi connectivity index (χ2n) is 5.62. The third-order valence-corrected chi connectivity index (χ3v) is 3.83. The van der Waals surface area contributed by atoms with Crippen LogP contribution in [0.3, 0.4) is 0 Å². The van der Waals surface area contributed by atoms with Gasteiger partial charge < -0.3 is 15.4 Å². The van der Waals surface area contributed by atoms with Gasteiger partial charge in [0.05, 0.1) is 19.5 Å². The summed E-state index contributed by atoms with van der Waals surface area (Å²) in [6.07, 6.45) is 3.01. The van der Waals surface area contributed by atoms with E-state index < -0.39 is 0 Å². The highest BCUT2D eigenvalue weighted by atomic mass is 16.5. The van der Waals surface area contributed by atoms with Crippen LogP contribution in [-0.4, -0.2) is 23.0 Å². The molecular weight excluding hydrogens is 328 g/mol. The Morgan fingerprint density at radius 3 is 2.46 bits per heavy atom. The number of aromatic nitrogens is 2. The molecule has 0 saturated carbocycles. The van der Waals surface area contributed by atoms with Gasteiger partial charge in [-0.25, -0.2) is 9.97 Å². The van der Waals surface area contributed by atoms with Crippen molar-refractivity contribution in [2.24, 2.45) is 0 Å². The lowest BCUT2D eigenvalue weighted by Gasteiger charge is -2.10. The molecule has 0 radical (unpaired) electrons. The predicted molar refractivity (Wildman–Crippen MR) is 100.0 cm³/mol. The van der Waals surface area contributed by atoms with Crippen LogP contribution in [0.15, 0.2) is 67.0 Å². The molecule has 0 atom stereocenters. The van der Waals surface area contributed by atoms with Gasteiger partial charge >= 0.3 is 0 Å². The standard InChI is InChI=1S/C20H20N4O2/c1-26-18-10-6-5-9-16(18)12-22-19-14-21-17(13-23-19)20(25)24-11-15-7-3-2-4-8-15/h2-10,13-14H,11-12H2,1H3,(H,22,23)(H,24,25). The Hall–Kier alpha value is -3.41. The van der Waals surface area contributed by atoms with Crippen molar-refractivity contribution in [1.29, 1.82) is 0 Å². The number of hydrogen-bond acceptors (Lipinski definition) is 5. The Balaban J connectivity index is 1.55. The number of nitrogens with one attached hydrogen (secondary N) is 2. The number of nitrogens with zero attached hydrogens (tertiary/aromatic N) is 2. The van der Waals surface area contributed by atoms with Crippen molar-refractivity contribution in [3.63, 3.8) is 0 Å². The van der Waals surface area contributed by atoms with Crippen LogP contribution in [0.1, 0.15) is 21.6 Å². The summed E-state index contributed by atoms with van der Waals surface area (Å²) in [5, 5.41) is 6.00. The van der Waals surface area contributed by atoms with Crippen LogP contribution in [0.25, 0.3) is 0 Å². The van der Waals surface area contributed by atoms with Gasteiger partial charge in [-0.15, -0.1) is 0 Å². The Kier molecular flexibility index (Phi) is 5.77. The van der Waals surface area contributed by atoms with Crippen LogP contribution in [0.5, 0.6) is 5.75 Å². The number of rotatable bonds is 7. The van der Waals surface area contributed by atoms with Gasteiger partial charge in [0.1, 0.15) is 17.3 Å². The number of methoxy groups -OCH3 is 1. The lowest BCUT2D eigenvalue weighted by molar-refractivity contribution is 0.0945. The minimum atomic E-state index is -0.252. The molecule has 0 unspecified atom stereocenters. The molecule has 0 aliphatic heterocycles. The highest BCUT2D eigenvalue weighted by molar-refractivity contribution is 5.91. The molecule has 3 rings (SSSR count). The molecule has 1 heterocycles. The van der Waals surface area contributed by atoms with Gasteiger partial charge in [-0.2, -0.15) is 0 Å². The third kappa shape index (κ3) is 4.57. The average molecular weight is 348 g/mol. The van der Waals surface area contributed by atoms with E-state index in [2.05, 4.69) is 20.6 Å². The number of ether oxygens (including phenoxy) is 1. The van der Waals surface area contributed by atoms with Crippen LogP contribution >= 0.6 is 0 Å². The molecule has 0 spiro atoms. The fourth-order valence-electron chi connectivity index (χ4n) is 2.44. The lowest BCUT2D eigenvalue weighted by Crippen LogP contribution is -2.24. The number of para-hydroxylation sites is 1.